The Kier molecular flexibility index (Phi) is 5.12. The third kappa shape index (κ3) is 4.03. The van der Waals surface area contributed by atoms with E-state index in [2.05, 4.69) is 10.6 Å². The Morgan fingerprint density at radius 3 is 2.41 bits per heavy atom. The number of nitrogens with one attached hydrogen (secondary N) is 2. The maximum atomic E-state index is 12.8. The third-order valence-electron chi connectivity index (χ3n) is 5.06. The van der Waals surface area contributed by atoms with Crippen LogP contribution in [0.1, 0.15) is 17.9 Å². The molecule has 2 atom stereocenters. The second-order valence-corrected chi connectivity index (χ2v) is 6.99. The molecule has 2 aromatic carbocycles. The number of methoxy groups -OCH3 is 2. The summed E-state index contributed by atoms with van der Waals surface area (Å²) in [5, 5.41) is 6.05. The van der Waals surface area contributed by atoms with Gasteiger partial charge in [-0.15, -0.1) is 0 Å². The molecule has 2 aliphatic rings. The summed E-state index contributed by atoms with van der Waals surface area (Å²) in [6.07, 6.45) is 0.855. The van der Waals surface area contributed by atoms with E-state index in [0.29, 0.717) is 22.9 Å². The van der Waals surface area contributed by atoms with Crippen molar-refractivity contribution in [1.82, 2.24) is 5.32 Å². The standard InChI is InChI=1S/C22H22N2O5/c1-27-15-8-14(9-16(10-15)28-2)23-19-12-29-22(26)20(19)21(25)24-18-11-17(18)13-6-4-3-5-7-13/h3-10,17-18,23H,11-12H2,1-2H3,(H,24,25)/t17-,18+/m0/s1. The van der Waals surface area contributed by atoms with E-state index in [4.69, 9.17) is 14.2 Å². The average molecular weight is 394 g/mol. The number of anilines is 1. The first-order chi connectivity index (χ1) is 14.1. The highest BCUT2D eigenvalue weighted by molar-refractivity contribution is 6.18. The van der Waals surface area contributed by atoms with E-state index in [9.17, 15) is 9.59 Å². The van der Waals surface area contributed by atoms with Crippen LogP contribution in [0.25, 0.3) is 0 Å². The number of rotatable bonds is 7. The molecule has 0 aromatic heterocycles. The van der Waals surface area contributed by atoms with Gasteiger partial charge in [0.1, 0.15) is 23.7 Å². The van der Waals surface area contributed by atoms with Crippen molar-refractivity contribution < 1.29 is 23.8 Å². The fourth-order valence-corrected chi connectivity index (χ4v) is 3.45. The average Bonchev–Trinajstić information content (AvgIpc) is 3.41. The SMILES string of the molecule is COc1cc(NC2=C(C(=O)N[C@@H]3C[C@H]3c3ccccc3)C(=O)OC2)cc(OC)c1. The van der Waals surface area contributed by atoms with Crippen molar-refractivity contribution in [2.75, 3.05) is 26.1 Å². The van der Waals surface area contributed by atoms with E-state index in [0.717, 1.165) is 6.42 Å². The van der Waals surface area contributed by atoms with Crippen molar-refractivity contribution in [1.29, 1.82) is 0 Å². The van der Waals surface area contributed by atoms with Gasteiger partial charge in [0.2, 0.25) is 0 Å². The predicted molar refractivity (Wildman–Crippen MR) is 107 cm³/mol. The van der Waals surface area contributed by atoms with Gasteiger partial charge in [-0.3, -0.25) is 4.79 Å². The van der Waals surface area contributed by atoms with E-state index in [1.165, 1.54) is 5.56 Å². The summed E-state index contributed by atoms with van der Waals surface area (Å²) in [7, 11) is 3.11. The molecular formula is C22H22N2O5. The number of esters is 1. The summed E-state index contributed by atoms with van der Waals surface area (Å²) >= 11 is 0. The first-order valence-electron chi connectivity index (χ1n) is 9.35. The molecule has 7 heteroatoms. The summed E-state index contributed by atoms with van der Waals surface area (Å²) in [6, 6.07) is 15.3. The Hall–Kier alpha value is -3.48. The van der Waals surface area contributed by atoms with E-state index in [1.54, 1.807) is 32.4 Å². The summed E-state index contributed by atoms with van der Waals surface area (Å²) < 4.78 is 15.6. The lowest BCUT2D eigenvalue weighted by molar-refractivity contribution is -0.137. The van der Waals surface area contributed by atoms with Crippen molar-refractivity contribution in [3.63, 3.8) is 0 Å². The maximum Gasteiger partial charge on any atom is 0.346 e. The molecule has 0 radical (unpaired) electrons. The second-order valence-electron chi connectivity index (χ2n) is 6.99. The first kappa shape index (κ1) is 18.9. The van der Waals surface area contributed by atoms with Crippen LogP contribution >= 0.6 is 0 Å². The molecule has 1 heterocycles. The molecule has 150 valence electrons. The lowest BCUT2D eigenvalue weighted by Crippen LogP contribution is -2.31. The molecule has 1 amide bonds. The second kappa shape index (κ2) is 7.87. The number of carbonyl (C=O) groups is 2. The lowest BCUT2D eigenvalue weighted by atomic mass is 10.1. The van der Waals surface area contributed by atoms with Crippen LogP contribution in [0.5, 0.6) is 11.5 Å². The number of hydrogen-bond acceptors (Lipinski definition) is 6. The number of ether oxygens (including phenoxy) is 3. The molecule has 1 saturated carbocycles. The van der Waals surface area contributed by atoms with Crippen LogP contribution in [0.3, 0.4) is 0 Å². The van der Waals surface area contributed by atoms with E-state index in [1.807, 2.05) is 30.3 Å². The van der Waals surface area contributed by atoms with Gasteiger partial charge >= 0.3 is 5.97 Å². The molecule has 1 aliphatic carbocycles. The topological polar surface area (TPSA) is 85.9 Å². The van der Waals surface area contributed by atoms with Crippen molar-refractivity contribution in [2.45, 2.75) is 18.4 Å². The monoisotopic (exact) mass is 394 g/mol. The fourth-order valence-electron chi connectivity index (χ4n) is 3.45. The normalized spacial score (nSPS) is 20.1. The predicted octanol–water partition coefficient (Wildman–Crippen LogP) is 2.60. The van der Waals surface area contributed by atoms with Crippen LogP contribution in [-0.2, 0) is 14.3 Å². The van der Waals surface area contributed by atoms with E-state index >= 15 is 0 Å². The van der Waals surface area contributed by atoms with E-state index in [-0.39, 0.29) is 24.1 Å². The van der Waals surface area contributed by atoms with Crippen molar-refractivity contribution in [2.24, 2.45) is 0 Å². The summed E-state index contributed by atoms with van der Waals surface area (Å²) in [6.45, 7) is 0.00783. The zero-order valence-electron chi connectivity index (χ0n) is 16.2. The number of carbonyl (C=O) groups excluding carboxylic acids is 2. The highest BCUT2D eigenvalue weighted by Gasteiger charge is 2.41. The fraction of sp³-hybridized carbons (Fsp3) is 0.273. The minimum atomic E-state index is -0.628. The molecule has 0 saturated heterocycles. The Bertz CT molecular complexity index is 948. The van der Waals surface area contributed by atoms with Crippen LogP contribution in [0, 0.1) is 0 Å². The largest absolute Gasteiger partial charge is 0.497 e. The number of cyclic esters (lactones) is 1. The van der Waals surface area contributed by atoms with Crippen molar-refractivity contribution in [3.8, 4) is 11.5 Å². The molecule has 1 aliphatic heterocycles. The minimum absolute atomic E-state index is 0.00509. The van der Waals surface area contributed by atoms with Gasteiger partial charge in [0, 0.05) is 35.8 Å². The zero-order chi connectivity index (χ0) is 20.4. The highest BCUT2D eigenvalue weighted by Crippen LogP contribution is 2.41. The van der Waals surface area contributed by atoms with Crippen LogP contribution in [0.2, 0.25) is 0 Å². The quantitative estimate of drug-likeness (QED) is 0.555. The molecule has 4 rings (SSSR count). The number of hydrogen-bond donors (Lipinski definition) is 2. The minimum Gasteiger partial charge on any atom is -0.497 e. The van der Waals surface area contributed by atoms with Gasteiger partial charge in [0.15, 0.2) is 0 Å². The van der Waals surface area contributed by atoms with Gasteiger partial charge in [-0.05, 0) is 12.0 Å². The summed E-state index contributed by atoms with van der Waals surface area (Å²) in [5.74, 6) is 0.405. The van der Waals surface area contributed by atoms with E-state index < -0.39 is 11.9 Å². The lowest BCUT2D eigenvalue weighted by Gasteiger charge is -2.12. The molecule has 0 bridgehead atoms. The van der Waals surface area contributed by atoms with Gasteiger partial charge in [-0.25, -0.2) is 4.79 Å². The van der Waals surface area contributed by atoms with Crippen LogP contribution < -0.4 is 20.1 Å². The van der Waals surface area contributed by atoms with Crippen molar-refractivity contribution >= 4 is 17.6 Å². The Morgan fingerprint density at radius 1 is 1.07 bits per heavy atom. The Balaban J connectivity index is 1.50. The molecule has 29 heavy (non-hydrogen) atoms. The number of benzene rings is 2. The molecule has 0 unspecified atom stereocenters. The smallest absolute Gasteiger partial charge is 0.346 e. The van der Waals surface area contributed by atoms with Gasteiger partial charge < -0.3 is 24.8 Å². The maximum absolute atomic E-state index is 12.8. The molecule has 2 N–H and O–H groups in total. The van der Waals surface area contributed by atoms with Gasteiger partial charge in [-0.1, -0.05) is 30.3 Å². The number of amides is 1. The molecule has 2 aromatic rings. The van der Waals surface area contributed by atoms with Crippen LogP contribution in [0.4, 0.5) is 5.69 Å². The summed E-state index contributed by atoms with van der Waals surface area (Å²) in [5.41, 5.74) is 2.24. The highest BCUT2D eigenvalue weighted by atomic mass is 16.5. The Morgan fingerprint density at radius 2 is 1.76 bits per heavy atom. The van der Waals surface area contributed by atoms with Gasteiger partial charge in [0.05, 0.1) is 19.9 Å². The van der Waals surface area contributed by atoms with Gasteiger partial charge in [-0.2, -0.15) is 0 Å². The third-order valence-corrected chi connectivity index (χ3v) is 5.06. The molecule has 1 fully saturated rings. The molecular weight excluding hydrogens is 372 g/mol. The van der Waals surface area contributed by atoms with Crippen LogP contribution in [0.15, 0.2) is 59.8 Å². The molecule has 0 spiro atoms. The first-order valence-corrected chi connectivity index (χ1v) is 9.35. The van der Waals surface area contributed by atoms with Crippen LogP contribution in [-0.4, -0.2) is 38.7 Å². The van der Waals surface area contributed by atoms with Gasteiger partial charge in [0.25, 0.3) is 5.91 Å². The molecule has 7 nitrogen and oxygen atoms in total. The van der Waals surface area contributed by atoms with Crippen molar-refractivity contribution in [3.05, 3.63) is 65.4 Å². The Labute approximate surface area is 168 Å². The zero-order valence-corrected chi connectivity index (χ0v) is 16.2. The summed E-state index contributed by atoms with van der Waals surface area (Å²) in [4.78, 5) is 25.0.